The highest BCUT2D eigenvalue weighted by Gasteiger charge is 2.20. The Morgan fingerprint density at radius 1 is 1.18 bits per heavy atom. The molecule has 3 rings (SSSR count). The van der Waals surface area contributed by atoms with Crippen LogP contribution in [0.5, 0.6) is 0 Å². The van der Waals surface area contributed by atoms with Gasteiger partial charge in [-0.2, -0.15) is 0 Å². The summed E-state index contributed by atoms with van der Waals surface area (Å²) < 4.78 is 1.84. The van der Waals surface area contributed by atoms with Crippen LogP contribution in [-0.4, -0.2) is 32.3 Å². The fourth-order valence-corrected chi connectivity index (χ4v) is 4.12. The van der Waals surface area contributed by atoms with Gasteiger partial charge in [-0.3, -0.25) is 9.59 Å². The van der Waals surface area contributed by atoms with Crippen LogP contribution < -0.4 is 10.6 Å². The molecule has 0 aliphatic rings. The molecule has 0 aliphatic carbocycles. The van der Waals surface area contributed by atoms with E-state index in [0.29, 0.717) is 28.1 Å². The van der Waals surface area contributed by atoms with Gasteiger partial charge < -0.3 is 15.2 Å². The monoisotopic (exact) mass is 483 g/mol. The summed E-state index contributed by atoms with van der Waals surface area (Å²) in [5, 5.41) is 15.5. The van der Waals surface area contributed by atoms with Crippen molar-refractivity contribution in [2.45, 2.75) is 38.5 Å². The largest absolute Gasteiger partial charge is 0.342 e. The number of carbonyl (C=O) groups excluding carboxylic acids is 2. The van der Waals surface area contributed by atoms with Gasteiger partial charge in [0.15, 0.2) is 11.0 Å². The Kier molecular flexibility index (Phi) is 8.30. The normalized spacial score (nSPS) is 11.6. The van der Waals surface area contributed by atoms with Crippen molar-refractivity contribution in [1.29, 1.82) is 0 Å². The van der Waals surface area contributed by atoms with E-state index in [2.05, 4.69) is 27.4 Å². The van der Waals surface area contributed by atoms with Crippen LogP contribution in [0.4, 0.5) is 5.69 Å². The molecule has 1 heterocycles. The van der Waals surface area contributed by atoms with Gasteiger partial charge in [0.2, 0.25) is 5.91 Å². The Labute approximate surface area is 202 Å². The van der Waals surface area contributed by atoms with Gasteiger partial charge in [0.25, 0.3) is 5.91 Å². The van der Waals surface area contributed by atoms with E-state index in [1.165, 1.54) is 11.8 Å². The first kappa shape index (κ1) is 24.5. The van der Waals surface area contributed by atoms with Crippen LogP contribution in [0.1, 0.15) is 40.3 Å². The third kappa shape index (κ3) is 6.46. The molecule has 0 saturated heterocycles. The molecule has 0 radical (unpaired) electrons. The standard InChI is InChI=1S/C24H26ClN5O2S/c1-5-12-30-22(17(4)26-23(32)18-7-9-19(25)10-8-18)28-29-24(30)33-14-21(31)27-20-11-6-15(2)13-16(20)3/h5-11,13,17H,1,12,14H2,2-4H3,(H,26,32)(H,27,31)/t17-/m1/s1. The van der Waals surface area contributed by atoms with Gasteiger partial charge in [0.05, 0.1) is 11.8 Å². The summed E-state index contributed by atoms with van der Waals surface area (Å²) in [5.41, 5.74) is 3.44. The Bertz CT molecular complexity index is 1160. The van der Waals surface area contributed by atoms with E-state index in [4.69, 9.17) is 11.6 Å². The van der Waals surface area contributed by atoms with Gasteiger partial charge in [0, 0.05) is 22.8 Å². The van der Waals surface area contributed by atoms with Gasteiger partial charge in [0.1, 0.15) is 0 Å². The minimum absolute atomic E-state index is 0.134. The van der Waals surface area contributed by atoms with Crippen molar-refractivity contribution in [2.24, 2.45) is 0 Å². The Balaban J connectivity index is 1.66. The Hall–Kier alpha value is -3.10. The van der Waals surface area contributed by atoms with Crippen LogP contribution in [0, 0.1) is 13.8 Å². The second-order valence-corrected chi connectivity index (χ2v) is 8.98. The number of nitrogens with one attached hydrogen (secondary N) is 2. The first-order valence-electron chi connectivity index (χ1n) is 10.4. The zero-order valence-electron chi connectivity index (χ0n) is 18.8. The van der Waals surface area contributed by atoms with Crippen molar-refractivity contribution >= 4 is 40.9 Å². The molecular weight excluding hydrogens is 458 g/mol. The molecule has 3 aromatic rings. The lowest BCUT2D eigenvalue weighted by Gasteiger charge is -2.15. The molecule has 1 atom stereocenters. The lowest BCUT2D eigenvalue weighted by molar-refractivity contribution is -0.113. The molecular formula is C24H26ClN5O2S. The molecule has 0 unspecified atom stereocenters. The number of halogens is 1. The predicted octanol–water partition coefficient (Wildman–Crippen LogP) is 4.96. The summed E-state index contributed by atoms with van der Waals surface area (Å²) in [6, 6.07) is 12.1. The number of anilines is 1. The summed E-state index contributed by atoms with van der Waals surface area (Å²) in [6.45, 7) is 10.0. The highest BCUT2D eigenvalue weighted by atomic mass is 35.5. The van der Waals surface area contributed by atoms with E-state index in [0.717, 1.165) is 16.8 Å². The molecule has 2 N–H and O–H groups in total. The van der Waals surface area contributed by atoms with Crippen LogP contribution in [0.15, 0.2) is 60.3 Å². The number of nitrogens with zero attached hydrogens (tertiary/aromatic N) is 3. The number of aromatic nitrogens is 3. The maximum absolute atomic E-state index is 12.6. The van der Waals surface area contributed by atoms with E-state index in [1.54, 1.807) is 30.3 Å². The van der Waals surface area contributed by atoms with Crippen molar-refractivity contribution in [3.63, 3.8) is 0 Å². The summed E-state index contributed by atoms with van der Waals surface area (Å²) >= 11 is 7.17. The minimum Gasteiger partial charge on any atom is -0.342 e. The van der Waals surface area contributed by atoms with Gasteiger partial charge in [-0.15, -0.1) is 16.8 Å². The summed E-state index contributed by atoms with van der Waals surface area (Å²) in [7, 11) is 0. The second kappa shape index (κ2) is 11.2. The van der Waals surface area contributed by atoms with Gasteiger partial charge in [-0.05, 0) is 56.7 Å². The first-order chi connectivity index (χ1) is 15.8. The minimum atomic E-state index is -0.404. The highest BCUT2D eigenvalue weighted by Crippen LogP contribution is 2.22. The number of rotatable bonds is 9. The van der Waals surface area contributed by atoms with E-state index in [-0.39, 0.29) is 17.6 Å². The maximum atomic E-state index is 12.6. The van der Waals surface area contributed by atoms with E-state index in [1.807, 2.05) is 43.5 Å². The lowest BCUT2D eigenvalue weighted by atomic mass is 10.1. The quantitative estimate of drug-likeness (QED) is 0.332. The van der Waals surface area contributed by atoms with Crippen molar-refractivity contribution in [2.75, 3.05) is 11.1 Å². The number of carbonyl (C=O) groups is 2. The highest BCUT2D eigenvalue weighted by molar-refractivity contribution is 7.99. The molecule has 2 aromatic carbocycles. The molecule has 172 valence electrons. The molecule has 33 heavy (non-hydrogen) atoms. The molecule has 2 amide bonds. The number of thioether (sulfide) groups is 1. The average Bonchev–Trinajstić information content (AvgIpc) is 3.17. The summed E-state index contributed by atoms with van der Waals surface area (Å²) in [5.74, 6) is 0.378. The van der Waals surface area contributed by atoms with Crippen molar-refractivity contribution < 1.29 is 9.59 Å². The lowest BCUT2D eigenvalue weighted by Crippen LogP contribution is -2.28. The fourth-order valence-electron chi connectivity index (χ4n) is 3.24. The summed E-state index contributed by atoms with van der Waals surface area (Å²) in [6.07, 6.45) is 1.72. The zero-order chi connectivity index (χ0) is 24.0. The number of allylic oxidation sites excluding steroid dienone is 1. The number of hydrogen-bond donors (Lipinski definition) is 2. The second-order valence-electron chi connectivity index (χ2n) is 7.60. The molecule has 0 bridgehead atoms. The zero-order valence-corrected chi connectivity index (χ0v) is 20.3. The maximum Gasteiger partial charge on any atom is 0.251 e. The Morgan fingerprint density at radius 2 is 1.91 bits per heavy atom. The van der Waals surface area contributed by atoms with E-state index in [9.17, 15) is 9.59 Å². The topological polar surface area (TPSA) is 88.9 Å². The molecule has 0 saturated carbocycles. The third-order valence-corrected chi connectivity index (χ3v) is 6.11. The van der Waals surface area contributed by atoms with Crippen LogP contribution >= 0.6 is 23.4 Å². The van der Waals surface area contributed by atoms with Crippen LogP contribution in [-0.2, 0) is 11.3 Å². The van der Waals surface area contributed by atoms with E-state index >= 15 is 0 Å². The van der Waals surface area contributed by atoms with Crippen molar-refractivity contribution in [3.05, 3.63) is 82.7 Å². The van der Waals surface area contributed by atoms with Crippen molar-refractivity contribution in [3.8, 4) is 0 Å². The molecule has 1 aromatic heterocycles. The van der Waals surface area contributed by atoms with Gasteiger partial charge in [-0.25, -0.2) is 0 Å². The number of hydrogen-bond acceptors (Lipinski definition) is 5. The number of benzene rings is 2. The third-order valence-electron chi connectivity index (χ3n) is 4.89. The number of aryl methyl sites for hydroxylation is 2. The van der Waals surface area contributed by atoms with Gasteiger partial charge in [-0.1, -0.05) is 47.1 Å². The number of amides is 2. The SMILES string of the molecule is C=CCn1c(SCC(=O)Nc2ccc(C)cc2C)nnc1[C@@H](C)NC(=O)c1ccc(Cl)cc1. The van der Waals surface area contributed by atoms with E-state index < -0.39 is 6.04 Å². The van der Waals surface area contributed by atoms with Gasteiger partial charge >= 0.3 is 0 Å². The van der Waals surface area contributed by atoms with Crippen LogP contribution in [0.25, 0.3) is 0 Å². The fraction of sp³-hybridized carbons (Fsp3) is 0.250. The smallest absolute Gasteiger partial charge is 0.251 e. The first-order valence-corrected chi connectivity index (χ1v) is 11.7. The van der Waals surface area contributed by atoms with Crippen LogP contribution in [0.2, 0.25) is 5.02 Å². The summed E-state index contributed by atoms with van der Waals surface area (Å²) in [4.78, 5) is 25.0. The van der Waals surface area contributed by atoms with Crippen molar-refractivity contribution in [1.82, 2.24) is 20.1 Å². The molecule has 0 spiro atoms. The predicted molar refractivity (Wildman–Crippen MR) is 133 cm³/mol. The molecule has 7 nitrogen and oxygen atoms in total. The average molecular weight is 484 g/mol. The Morgan fingerprint density at radius 3 is 2.58 bits per heavy atom. The molecule has 9 heteroatoms. The van der Waals surface area contributed by atoms with Crippen LogP contribution in [0.3, 0.4) is 0 Å². The molecule has 0 aliphatic heterocycles. The molecule has 0 fully saturated rings.